The van der Waals surface area contributed by atoms with Crippen molar-refractivity contribution < 1.29 is 19.4 Å². The van der Waals surface area contributed by atoms with Gasteiger partial charge < -0.3 is 19.9 Å². The number of aliphatic hydroxyl groups excluding tert-OH is 1. The van der Waals surface area contributed by atoms with Gasteiger partial charge in [-0.05, 0) is 43.9 Å². The van der Waals surface area contributed by atoms with E-state index >= 15 is 0 Å². The van der Waals surface area contributed by atoms with Gasteiger partial charge in [-0.15, -0.1) is 0 Å². The van der Waals surface area contributed by atoms with Gasteiger partial charge >= 0.3 is 0 Å². The maximum atomic E-state index is 12.0. The topological polar surface area (TPSA) is 67.8 Å². The van der Waals surface area contributed by atoms with Crippen molar-refractivity contribution in [2.75, 3.05) is 20.3 Å². The fourth-order valence-corrected chi connectivity index (χ4v) is 2.03. The van der Waals surface area contributed by atoms with Gasteiger partial charge in [0.15, 0.2) is 11.5 Å². The van der Waals surface area contributed by atoms with Gasteiger partial charge in [0.2, 0.25) is 0 Å². The number of carbonyl (C=O) groups excluding carboxylic acids is 1. The summed E-state index contributed by atoms with van der Waals surface area (Å²) in [5, 5.41) is 12.5. The average molecular weight is 279 g/mol. The fourth-order valence-electron chi connectivity index (χ4n) is 2.03. The van der Waals surface area contributed by atoms with Crippen molar-refractivity contribution in [2.45, 2.75) is 25.9 Å². The van der Waals surface area contributed by atoms with Gasteiger partial charge in [0.25, 0.3) is 5.91 Å². The third-order valence-electron chi connectivity index (χ3n) is 3.36. The minimum absolute atomic E-state index is 0.215. The van der Waals surface area contributed by atoms with E-state index < -0.39 is 6.10 Å². The molecular weight excluding hydrogens is 258 g/mol. The minimum atomic E-state index is -0.441. The lowest BCUT2D eigenvalue weighted by Crippen LogP contribution is -2.33. The minimum Gasteiger partial charge on any atom is -0.493 e. The van der Waals surface area contributed by atoms with Crippen molar-refractivity contribution in [1.82, 2.24) is 5.32 Å². The van der Waals surface area contributed by atoms with Crippen LogP contribution in [0, 0.1) is 5.92 Å². The Bertz CT molecular complexity index is 471. The van der Waals surface area contributed by atoms with E-state index in [9.17, 15) is 9.90 Å². The highest BCUT2D eigenvalue weighted by molar-refractivity contribution is 5.94. The van der Waals surface area contributed by atoms with Crippen LogP contribution in [0.4, 0.5) is 0 Å². The van der Waals surface area contributed by atoms with E-state index in [0.717, 1.165) is 12.8 Å². The smallest absolute Gasteiger partial charge is 0.251 e. The van der Waals surface area contributed by atoms with E-state index in [-0.39, 0.29) is 5.91 Å². The first-order valence-corrected chi connectivity index (χ1v) is 6.92. The summed E-state index contributed by atoms with van der Waals surface area (Å²) in [5.74, 6) is 1.28. The summed E-state index contributed by atoms with van der Waals surface area (Å²) in [6.45, 7) is 2.67. The maximum absolute atomic E-state index is 12.0. The number of carbonyl (C=O) groups is 1. The molecule has 0 aliphatic heterocycles. The molecule has 1 aliphatic rings. The molecule has 1 aromatic rings. The van der Waals surface area contributed by atoms with Gasteiger partial charge in [0.1, 0.15) is 0 Å². The molecule has 1 aromatic carbocycles. The molecule has 0 spiro atoms. The number of nitrogens with one attached hydrogen (secondary N) is 1. The average Bonchev–Trinajstić information content (AvgIpc) is 3.29. The number of rotatable bonds is 7. The Morgan fingerprint density at radius 2 is 2.20 bits per heavy atom. The van der Waals surface area contributed by atoms with Crippen molar-refractivity contribution in [1.29, 1.82) is 0 Å². The van der Waals surface area contributed by atoms with Crippen LogP contribution in [0.3, 0.4) is 0 Å². The lowest BCUT2D eigenvalue weighted by molar-refractivity contribution is 0.0900. The zero-order chi connectivity index (χ0) is 14.5. The van der Waals surface area contributed by atoms with E-state index in [1.165, 1.54) is 0 Å². The Labute approximate surface area is 118 Å². The molecular formula is C15H21NO4. The number of aliphatic hydroxyl groups is 1. The quantitative estimate of drug-likeness (QED) is 0.795. The Morgan fingerprint density at radius 3 is 2.80 bits per heavy atom. The molecule has 110 valence electrons. The van der Waals surface area contributed by atoms with Crippen molar-refractivity contribution in [3.8, 4) is 11.5 Å². The number of hydrogen-bond donors (Lipinski definition) is 2. The second-order valence-electron chi connectivity index (χ2n) is 4.91. The first-order valence-electron chi connectivity index (χ1n) is 6.92. The van der Waals surface area contributed by atoms with Crippen LogP contribution in [0.1, 0.15) is 30.1 Å². The first-order chi connectivity index (χ1) is 9.65. The van der Waals surface area contributed by atoms with E-state index in [4.69, 9.17) is 9.47 Å². The molecule has 5 heteroatoms. The zero-order valence-electron chi connectivity index (χ0n) is 11.9. The molecule has 2 rings (SSSR count). The molecule has 1 saturated carbocycles. The molecule has 0 saturated heterocycles. The van der Waals surface area contributed by atoms with Gasteiger partial charge in [-0.25, -0.2) is 0 Å². The Hall–Kier alpha value is -1.75. The summed E-state index contributed by atoms with van der Waals surface area (Å²) in [5.41, 5.74) is 0.497. The van der Waals surface area contributed by atoms with Gasteiger partial charge in [-0.1, -0.05) is 0 Å². The summed E-state index contributed by atoms with van der Waals surface area (Å²) in [6, 6.07) is 5.04. The lowest BCUT2D eigenvalue weighted by Gasteiger charge is -2.13. The largest absolute Gasteiger partial charge is 0.493 e. The molecule has 0 aromatic heterocycles. The van der Waals surface area contributed by atoms with E-state index in [2.05, 4.69) is 5.32 Å². The predicted molar refractivity (Wildman–Crippen MR) is 75.2 cm³/mol. The Morgan fingerprint density at radius 1 is 1.45 bits per heavy atom. The SMILES string of the molecule is CCOc1cc(C(=O)NCC(O)C2CC2)ccc1OC. The van der Waals surface area contributed by atoms with Crippen molar-refractivity contribution in [2.24, 2.45) is 5.92 Å². The summed E-state index contributed by atoms with van der Waals surface area (Å²) in [4.78, 5) is 12.0. The fraction of sp³-hybridized carbons (Fsp3) is 0.533. The third-order valence-corrected chi connectivity index (χ3v) is 3.36. The van der Waals surface area contributed by atoms with Crippen LogP contribution in [0.15, 0.2) is 18.2 Å². The second kappa shape index (κ2) is 6.61. The molecule has 1 amide bonds. The number of methoxy groups -OCH3 is 1. The third kappa shape index (κ3) is 3.63. The first kappa shape index (κ1) is 14.7. The molecule has 1 aliphatic carbocycles. The van der Waals surface area contributed by atoms with Crippen molar-refractivity contribution in [3.63, 3.8) is 0 Å². The molecule has 0 bridgehead atoms. The van der Waals surface area contributed by atoms with E-state index in [1.807, 2.05) is 6.92 Å². The number of benzene rings is 1. The van der Waals surface area contributed by atoms with E-state index in [0.29, 0.717) is 36.1 Å². The molecule has 20 heavy (non-hydrogen) atoms. The Kier molecular flexibility index (Phi) is 4.84. The molecule has 2 N–H and O–H groups in total. The van der Waals surface area contributed by atoms with Crippen LogP contribution < -0.4 is 14.8 Å². The lowest BCUT2D eigenvalue weighted by atomic mass is 10.1. The second-order valence-corrected chi connectivity index (χ2v) is 4.91. The monoisotopic (exact) mass is 279 g/mol. The van der Waals surface area contributed by atoms with Gasteiger partial charge in [0.05, 0.1) is 19.8 Å². The standard InChI is InChI=1S/C15H21NO4/c1-3-20-14-8-11(6-7-13(14)19-2)15(18)16-9-12(17)10-4-5-10/h6-8,10,12,17H,3-5,9H2,1-2H3,(H,16,18). The highest BCUT2D eigenvalue weighted by atomic mass is 16.5. The number of hydrogen-bond acceptors (Lipinski definition) is 4. The molecule has 5 nitrogen and oxygen atoms in total. The van der Waals surface area contributed by atoms with Crippen LogP contribution in [0.2, 0.25) is 0 Å². The molecule has 0 radical (unpaired) electrons. The summed E-state index contributed by atoms with van der Waals surface area (Å²) < 4.78 is 10.6. The number of amides is 1. The predicted octanol–water partition coefficient (Wildman–Crippen LogP) is 1.59. The zero-order valence-corrected chi connectivity index (χ0v) is 11.9. The maximum Gasteiger partial charge on any atom is 0.251 e. The van der Waals surface area contributed by atoms with Crippen LogP contribution >= 0.6 is 0 Å². The van der Waals surface area contributed by atoms with E-state index in [1.54, 1.807) is 25.3 Å². The van der Waals surface area contributed by atoms with Gasteiger partial charge in [-0.2, -0.15) is 0 Å². The summed E-state index contributed by atoms with van der Waals surface area (Å²) in [6.07, 6.45) is 1.66. The highest BCUT2D eigenvalue weighted by Crippen LogP contribution is 2.32. The van der Waals surface area contributed by atoms with Crippen LogP contribution in [-0.4, -0.2) is 37.4 Å². The van der Waals surface area contributed by atoms with Gasteiger partial charge in [-0.3, -0.25) is 4.79 Å². The summed E-state index contributed by atoms with van der Waals surface area (Å²) >= 11 is 0. The van der Waals surface area contributed by atoms with Crippen molar-refractivity contribution in [3.05, 3.63) is 23.8 Å². The van der Waals surface area contributed by atoms with Gasteiger partial charge in [0, 0.05) is 12.1 Å². The van der Waals surface area contributed by atoms with Crippen LogP contribution in [-0.2, 0) is 0 Å². The van der Waals surface area contributed by atoms with Crippen LogP contribution in [0.5, 0.6) is 11.5 Å². The molecule has 1 fully saturated rings. The molecule has 0 heterocycles. The summed E-state index contributed by atoms with van der Waals surface area (Å²) in [7, 11) is 1.56. The normalized spacial score (nSPS) is 15.6. The molecule has 1 unspecified atom stereocenters. The number of ether oxygens (including phenoxy) is 2. The Balaban J connectivity index is 1.99. The molecule has 1 atom stereocenters. The van der Waals surface area contributed by atoms with Crippen molar-refractivity contribution >= 4 is 5.91 Å². The highest BCUT2D eigenvalue weighted by Gasteiger charge is 2.29. The van der Waals surface area contributed by atoms with Crippen LogP contribution in [0.25, 0.3) is 0 Å².